The number of rotatable bonds is 6. The van der Waals surface area contributed by atoms with Crippen molar-refractivity contribution in [2.45, 2.75) is 45.7 Å². The van der Waals surface area contributed by atoms with Gasteiger partial charge in [-0.15, -0.1) is 0 Å². The first kappa shape index (κ1) is 14.7. The predicted molar refractivity (Wildman–Crippen MR) is 75.2 cm³/mol. The second-order valence-corrected chi connectivity index (χ2v) is 5.01. The van der Waals surface area contributed by atoms with Gasteiger partial charge in [-0.1, -0.05) is 50.6 Å². The van der Waals surface area contributed by atoms with Gasteiger partial charge < -0.3 is 11.1 Å². The molecule has 0 radical (unpaired) electrons. The summed E-state index contributed by atoms with van der Waals surface area (Å²) in [5, 5.41) is 2.98. The Balaban J connectivity index is 2.45. The molecular formula is C15H24N2O. The average Bonchev–Trinajstić information content (AvgIpc) is 2.37. The van der Waals surface area contributed by atoms with Gasteiger partial charge in [-0.2, -0.15) is 0 Å². The number of hydrogen-bond donors (Lipinski definition) is 2. The van der Waals surface area contributed by atoms with Crippen LogP contribution in [0, 0.1) is 5.92 Å². The Bertz CT molecular complexity index is 364. The molecule has 1 aromatic carbocycles. The Labute approximate surface area is 110 Å². The molecule has 3 atom stereocenters. The number of hydrogen-bond acceptors (Lipinski definition) is 2. The zero-order chi connectivity index (χ0) is 13.5. The molecule has 0 saturated carbocycles. The van der Waals surface area contributed by atoms with E-state index in [1.165, 1.54) is 5.56 Å². The van der Waals surface area contributed by atoms with E-state index in [1.807, 2.05) is 39.0 Å². The summed E-state index contributed by atoms with van der Waals surface area (Å²) in [6.45, 7) is 6.06. The lowest BCUT2D eigenvalue weighted by molar-refractivity contribution is -0.124. The molecule has 1 rings (SSSR count). The summed E-state index contributed by atoms with van der Waals surface area (Å²) in [6.07, 6.45) is 1.75. The van der Waals surface area contributed by atoms with Crippen LogP contribution in [-0.4, -0.2) is 18.0 Å². The molecule has 2 unspecified atom stereocenters. The third kappa shape index (κ3) is 4.49. The topological polar surface area (TPSA) is 55.1 Å². The monoisotopic (exact) mass is 248 g/mol. The van der Waals surface area contributed by atoms with Crippen molar-refractivity contribution in [1.29, 1.82) is 0 Å². The lowest BCUT2D eigenvalue weighted by Crippen LogP contribution is -2.48. The van der Waals surface area contributed by atoms with Gasteiger partial charge >= 0.3 is 0 Å². The van der Waals surface area contributed by atoms with Crippen molar-refractivity contribution >= 4 is 5.91 Å². The van der Waals surface area contributed by atoms with E-state index in [1.54, 1.807) is 0 Å². The Hall–Kier alpha value is -1.35. The van der Waals surface area contributed by atoms with E-state index in [0.717, 1.165) is 12.8 Å². The maximum Gasteiger partial charge on any atom is 0.237 e. The average molecular weight is 248 g/mol. The number of carbonyl (C=O) groups is 1. The summed E-state index contributed by atoms with van der Waals surface area (Å²) in [5.74, 6) is 0.168. The second kappa shape index (κ2) is 7.17. The van der Waals surface area contributed by atoms with Crippen LogP contribution < -0.4 is 11.1 Å². The van der Waals surface area contributed by atoms with E-state index in [2.05, 4.69) is 17.4 Å². The highest BCUT2D eigenvalue weighted by molar-refractivity contribution is 5.82. The first-order valence-electron chi connectivity index (χ1n) is 6.64. The van der Waals surface area contributed by atoms with Crippen LogP contribution in [0.15, 0.2) is 30.3 Å². The molecule has 1 aromatic rings. The lowest BCUT2D eigenvalue weighted by Gasteiger charge is -2.21. The van der Waals surface area contributed by atoms with Gasteiger partial charge in [0.1, 0.15) is 0 Å². The molecule has 0 aromatic heterocycles. The predicted octanol–water partition coefficient (Wildman–Crippen LogP) is 2.11. The van der Waals surface area contributed by atoms with Crippen molar-refractivity contribution in [3.8, 4) is 0 Å². The fraction of sp³-hybridized carbons (Fsp3) is 0.533. The lowest BCUT2D eigenvalue weighted by atomic mass is 9.98. The van der Waals surface area contributed by atoms with Crippen molar-refractivity contribution in [2.24, 2.45) is 11.7 Å². The Morgan fingerprint density at radius 2 is 1.89 bits per heavy atom. The summed E-state index contributed by atoms with van der Waals surface area (Å²) < 4.78 is 0. The van der Waals surface area contributed by atoms with Gasteiger partial charge in [0.2, 0.25) is 5.91 Å². The van der Waals surface area contributed by atoms with Gasteiger partial charge in [-0.05, 0) is 24.8 Å². The van der Waals surface area contributed by atoms with Crippen molar-refractivity contribution in [1.82, 2.24) is 5.32 Å². The van der Waals surface area contributed by atoms with E-state index >= 15 is 0 Å². The maximum absolute atomic E-state index is 11.9. The summed E-state index contributed by atoms with van der Waals surface area (Å²) in [4.78, 5) is 11.9. The van der Waals surface area contributed by atoms with Crippen LogP contribution in [0.1, 0.15) is 32.8 Å². The molecule has 100 valence electrons. The highest BCUT2D eigenvalue weighted by atomic mass is 16.2. The minimum atomic E-state index is -0.409. The molecule has 0 fully saturated rings. The summed E-state index contributed by atoms with van der Waals surface area (Å²) in [6, 6.07) is 9.84. The molecule has 0 aliphatic heterocycles. The van der Waals surface area contributed by atoms with Crippen LogP contribution in [-0.2, 0) is 11.2 Å². The van der Waals surface area contributed by atoms with Crippen LogP contribution in [0.2, 0.25) is 0 Å². The van der Waals surface area contributed by atoms with Crippen molar-refractivity contribution in [3.63, 3.8) is 0 Å². The van der Waals surface area contributed by atoms with Crippen molar-refractivity contribution in [3.05, 3.63) is 35.9 Å². The summed E-state index contributed by atoms with van der Waals surface area (Å²) in [7, 11) is 0. The Morgan fingerprint density at radius 1 is 1.28 bits per heavy atom. The van der Waals surface area contributed by atoms with E-state index in [9.17, 15) is 4.79 Å². The Morgan fingerprint density at radius 3 is 2.44 bits per heavy atom. The number of benzene rings is 1. The molecule has 1 amide bonds. The first-order valence-corrected chi connectivity index (χ1v) is 6.64. The quantitative estimate of drug-likeness (QED) is 0.810. The first-order chi connectivity index (χ1) is 8.54. The molecule has 0 bridgehead atoms. The fourth-order valence-electron chi connectivity index (χ4n) is 1.87. The third-order valence-corrected chi connectivity index (χ3v) is 3.33. The van der Waals surface area contributed by atoms with E-state index < -0.39 is 6.04 Å². The van der Waals surface area contributed by atoms with Crippen molar-refractivity contribution < 1.29 is 4.79 Å². The molecule has 3 nitrogen and oxygen atoms in total. The number of nitrogens with two attached hydrogens (primary N) is 1. The SMILES string of the molecule is CCC(C)[C@H](N)C(=O)NC(C)Cc1ccccc1. The molecule has 0 spiro atoms. The van der Waals surface area contributed by atoms with E-state index in [4.69, 9.17) is 5.73 Å². The minimum Gasteiger partial charge on any atom is -0.352 e. The number of nitrogens with one attached hydrogen (secondary N) is 1. The van der Waals surface area contributed by atoms with Crippen LogP contribution in [0.4, 0.5) is 0 Å². The summed E-state index contributed by atoms with van der Waals surface area (Å²) >= 11 is 0. The zero-order valence-corrected chi connectivity index (χ0v) is 11.5. The van der Waals surface area contributed by atoms with Gasteiger partial charge in [0, 0.05) is 6.04 Å². The van der Waals surface area contributed by atoms with E-state index in [-0.39, 0.29) is 17.9 Å². The van der Waals surface area contributed by atoms with E-state index in [0.29, 0.717) is 0 Å². The maximum atomic E-state index is 11.9. The van der Waals surface area contributed by atoms with Crippen LogP contribution in [0.5, 0.6) is 0 Å². The molecule has 0 heterocycles. The molecule has 3 heteroatoms. The molecular weight excluding hydrogens is 224 g/mol. The summed E-state index contributed by atoms with van der Waals surface area (Å²) in [5.41, 5.74) is 7.13. The number of amides is 1. The van der Waals surface area contributed by atoms with Crippen LogP contribution in [0.3, 0.4) is 0 Å². The van der Waals surface area contributed by atoms with Crippen LogP contribution in [0.25, 0.3) is 0 Å². The highest BCUT2D eigenvalue weighted by Crippen LogP contribution is 2.07. The molecule has 0 aliphatic carbocycles. The van der Waals surface area contributed by atoms with Gasteiger partial charge in [0.15, 0.2) is 0 Å². The normalized spacial score (nSPS) is 15.8. The largest absolute Gasteiger partial charge is 0.352 e. The van der Waals surface area contributed by atoms with Crippen LogP contribution >= 0.6 is 0 Å². The molecule has 18 heavy (non-hydrogen) atoms. The second-order valence-electron chi connectivity index (χ2n) is 5.01. The number of carbonyl (C=O) groups excluding carboxylic acids is 1. The smallest absolute Gasteiger partial charge is 0.237 e. The standard InChI is InChI=1S/C15H24N2O/c1-4-11(2)14(16)15(18)17-12(3)10-13-8-6-5-7-9-13/h5-9,11-12,14H,4,10,16H2,1-3H3,(H,17,18)/t11?,12?,14-/m0/s1. The molecule has 0 aliphatic rings. The third-order valence-electron chi connectivity index (χ3n) is 3.33. The van der Waals surface area contributed by atoms with Gasteiger partial charge in [0.05, 0.1) is 6.04 Å². The zero-order valence-electron chi connectivity index (χ0n) is 11.5. The van der Waals surface area contributed by atoms with Crippen molar-refractivity contribution in [2.75, 3.05) is 0 Å². The highest BCUT2D eigenvalue weighted by Gasteiger charge is 2.20. The Kier molecular flexibility index (Phi) is 5.86. The van der Waals surface area contributed by atoms with Gasteiger partial charge in [0.25, 0.3) is 0 Å². The molecule has 3 N–H and O–H groups in total. The fourth-order valence-corrected chi connectivity index (χ4v) is 1.87. The van der Waals surface area contributed by atoms with Gasteiger partial charge in [-0.25, -0.2) is 0 Å². The molecule has 0 saturated heterocycles. The van der Waals surface area contributed by atoms with Gasteiger partial charge in [-0.3, -0.25) is 4.79 Å². The minimum absolute atomic E-state index is 0.0484.